The molecule has 0 bridgehead atoms. The van der Waals surface area contributed by atoms with Crippen molar-refractivity contribution in [3.8, 4) is 5.75 Å². The molecule has 7 nitrogen and oxygen atoms in total. The van der Waals surface area contributed by atoms with Crippen LogP contribution in [0.3, 0.4) is 0 Å². The van der Waals surface area contributed by atoms with Gasteiger partial charge < -0.3 is 35.7 Å². The summed E-state index contributed by atoms with van der Waals surface area (Å²) >= 11 is 0. The Morgan fingerprint density at radius 2 is 1.11 bits per heavy atom. The van der Waals surface area contributed by atoms with Crippen LogP contribution in [0.5, 0.6) is 5.75 Å². The van der Waals surface area contributed by atoms with Crippen LogP contribution in [0.1, 0.15) is 0 Å². The van der Waals surface area contributed by atoms with E-state index in [1.165, 1.54) is 0 Å². The number of hydrogen-bond donors (Lipinski definition) is 7. The number of rotatable bonds is 5. The van der Waals surface area contributed by atoms with Gasteiger partial charge in [0.2, 0.25) is 0 Å². The Morgan fingerprint density at radius 1 is 0.737 bits per heavy atom. The molecule has 19 heavy (non-hydrogen) atoms. The number of phenolic OH excluding ortho intramolecular Hbond substituents is 1. The average Bonchev–Trinajstić information content (AvgIpc) is 2.45. The molecule has 4 atom stereocenters. The molecule has 110 valence electrons. The average molecular weight is 276 g/mol. The number of benzene rings is 1. The minimum Gasteiger partial charge on any atom is -0.508 e. The van der Waals surface area contributed by atoms with Crippen molar-refractivity contribution in [3.63, 3.8) is 0 Å². The Morgan fingerprint density at radius 3 is 1.32 bits per heavy atom. The van der Waals surface area contributed by atoms with Crippen LogP contribution in [0.2, 0.25) is 0 Å². The summed E-state index contributed by atoms with van der Waals surface area (Å²) in [7, 11) is 0. The summed E-state index contributed by atoms with van der Waals surface area (Å²) in [4.78, 5) is 0. The number of hydrogen-bond acceptors (Lipinski definition) is 7. The Bertz CT molecular complexity index is 305. The number of aliphatic hydroxyl groups excluding tert-OH is 6. The monoisotopic (exact) mass is 276 g/mol. The molecule has 0 spiro atoms. The maximum absolute atomic E-state index is 8.96. The van der Waals surface area contributed by atoms with E-state index in [2.05, 4.69) is 0 Å². The van der Waals surface area contributed by atoms with Gasteiger partial charge in [-0.15, -0.1) is 0 Å². The molecule has 1 aromatic carbocycles. The van der Waals surface area contributed by atoms with Crippen molar-refractivity contribution >= 4 is 0 Å². The number of aliphatic hydroxyl groups is 6. The van der Waals surface area contributed by atoms with Crippen molar-refractivity contribution in [2.24, 2.45) is 0 Å². The van der Waals surface area contributed by atoms with Gasteiger partial charge >= 0.3 is 0 Å². The first kappa shape index (κ1) is 17.8. The second kappa shape index (κ2) is 9.68. The zero-order valence-corrected chi connectivity index (χ0v) is 10.2. The maximum Gasteiger partial charge on any atom is 0.115 e. The molecular weight excluding hydrogens is 256 g/mol. The van der Waals surface area contributed by atoms with Crippen LogP contribution in [0.4, 0.5) is 0 Å². The molecule has 0 aliphatic heterocycles. The Hall–Kier alpha value is -1.22. The fraction of sp³-hybridized carbons (Fsp3) is 0.500. The molecule has 0 aromatic heterocycles. The summed E-state index contributed by atoms with van der Waals surface area (Å²) in [5, 5.41) is 60.8. The van der Waals surface area contributed by atoms with Gasteiger partial charge in [-0.2, -0.15) is 0 Å². The lowest BCUT2D eigenvalue weighted by molar-refractivity contribution is -0.123. The van der Waals surface area contributed by atoms with Crippen LogP contribution >= 0.6 is 0 Å². The lowest BCUT2D eigenvalue weighted by Gasteiger charge is -2.24. The molecule has 0 aliphatic rings. The number of phenols is 1. The van der Waals surface area contributed by atoms with Crippen molar-refractivity contribution in [1.29, 1.82) is 0 Å². The molecular formula is C12H20O7. The lowest BCUT2D eigenvalue weighted by atomic mass is 10.0. The van der Waals surface area contributed by atoms with Crippen molar-refractivity contribution in [1.82, 2.24) is 0 Å². The fourth-order valence-corrected chi connectivity index (χ4v) is 1.10. The molecule has 0 saturated carbocycles. The van der Waals surface area contributed by atoms with Gasteiger partial charge in [-0.05, 0) is 12.1 Å². The number of aromatic hydroxyl groups is 1. The van der Waals surface area contributed by atoms with Crippen molar-refractivity contribution in [3.05, 3.63) is 30.3 Å². The largest absolute Gasteiger partial charge is 0.508 e. The molecule has 7 N–H and O–H groups in total. The quantitative estimate of drug-likeness (QED) is 0.324. The third-order valence-electron chi connectivity index (χ3n) is 2.27. The first-order valence-corrected chi connectivity index (χ1v) is 5.62. The summed E-state index contributed by atoms with van der Waals surface area (Å²) in [5.41, 5.74) is 0. The van der Waals surface area contributed by atoms with E-state index in [-0.39, 0.29) is 0 Å². The van der Waals surface area contributed by atoms with Crippen LogP contribution in [-0.2, 0) is 0 Å². The standard InChI is InChI=1S/C6H14O6.C6H6O/c7-1-3(9)5(11)6(12)4(10)2-8;7-6-4-2-1-3-5-6/h3-12H,1-2H2;1-5,7H/t3-,4-,5-,6-;/m1./s1. The SMILES string of the molecule is OC[C@@H](O)[C@@H](O)[C@H](O)[C@H](O)CO.Oc1ccccc1. The summed E-state index contributed by atoms with van der Waals surface area (Å²) in [5.74, 6) is 0.322. The van der Waals surface area contributed by atoms with E-state index >= 15 is 0 Å². The van der Waals surface area contributed by atoms with Crippen LogP contribution in [-0.4, -0.2) is 73.4 Å². The second-order valence-corrected chi connectivity index (χ2v) is 3.82. The summed E-state index contributed by atoms with van der Waals surface area (Å²) < 4.78 is 0. The van der Waals surface area contributed by atoms with Gasteiger partial charge in [-0.25, -0.2) is 0 Å². The highest BCUT2D eigenvalue weighted by Crippen LogP contribution is 2.04. The Labute approximate surface area is 110 Å². The normalized spacial score (nSPS) is 16.7. The molecule has 0 radical (unpaired) electrons. The minimum absolute atomic E-state index is 0.322. The van der Waals surface area contributed by atoms with Crippen LogP contribution < -0.4 is 0 Å². The maximum atomic E-state index is 8.96. The van der Waals surface area contributed by atoms with Crippen LogP contribution in [0.15, 0.2) is 30.3 Å². The predicted octanol–water partition coefficient (Wildman–Crippen LogP) is -2.19. The highest BCUT2D eigenvalue weighted by Gasteiger charge is 2.29. The van der Waals surface area contributed by atoms with E-state index in [1.807, 2.05) is 6.07 Å². The van der Waals surface area contributed by atoms with Gasteiger partial charge in [-0.3, -0.25) is 0 Å². The third-order valence-corrected chi connectivity index (χ3v) is 2.27. The predicted molar refractivity (Wildman–Crippen MR) is 66.3 cm³/mol. The van der Waals surface area contributed by atoms with Gasteiger partial charge in [0, 0.05) is 0 Å². The third kappa shape index (κ3) is 7.06. The molecule has 1 rings (SSSR count). The zero-order valence-electron chi connectivity index (χ0n) is 10.2. The van der Waals surface area contributed by atoms with Crippen LogP contribution in [0, 0.1) is 0 Å². The molecule has 0 saturated heterocycles. The van der Waals surface area contributed by atoms with E-state index in [0.29, 0.717) is 5.75 Å². The molecule has 0 aliphatic carbocycles. The van der Waals surface area contributed by atoms with E-state index in [0.717, 1.165) is 0 Å². The van der Waals surface area contributed by atoms with Gasteiger partial charge in [0.05, 0.1) is 13.2 Å². The van der Waals surface area contributed by atoms with Crippen molar-refractivity contribution in [2.75, 3.05) is 13.2 Å². The summed E-state index contributed by atoms with van der Waals surface area (Å²) in [6.07, 6.45) is -6.39. The van der Waals surface area contributed by atoms with Gasteiger partial charge in [-0.1, -0.05) is 18.2 Å². The second-order valence-electron chi connectivity index (χ2n) is 3.82. The molecule has 7 heteroatoms. The minimum atomic E-state index is -1.67. The molecule has 0 amide bonds. The smallest absolute Gasteiger partial charge is 0.115 e. The zero-order chi connectivity index (χ0) is 14.8. The van der Waals surface area contributed by atoms with Crippen molar-refractivity contribution < 1.29 is 35.7 Å². The number of para-hydroxylation sites is 1. The van der Waals surface area contributed by atoms with E-state index in [1.54, 1.807) is 24.3 Å². The molecule has 0 heterocycles. The van der Waals surface area contributed by atoms with Gasteiger partial charge in [0.25, 0.3) is 0 Å². The highest BCUT2D eigenvalue weighted by molar-refractivity contribution is 5.18. The van der Waals surface area contributed by atoms with Gasteiger partial charge in [0.1, 0.15) is 30.2 Å². The Balaban J connectivity index is 0.000000388. The topological polar surface area (TPSA) is 142 Å². The summed E-state index contributed by atoms with van der Waals surface area (Å²) in [6.45, 7) is -1.45. The van der Waals surface area contributed by atoms with Crippen molar-refractivity contribution in [2.45, 2.75) is 24.4 Å². The van der Waals surface area contributed by atoms with E-state index < -0.39 is 37.6 Å². The highest BCUT2D eigenvalue weighted by atomic mass is 16.4. The fourth-order valence-electron chi connectivity index (χ4n) is 1.10. The molecule has 1 aromatic rings. The molecule has 0 unspecified atom stereocenters. The first-order chi connectivity index (χ1) is 8.93. The Kier molecular flexibility index (Phi) is 9.06. The van der Waals surface area contributed by atoms with E-state index in [9.17, 15) is 0 Å². The van der Waals surface area contributed by atoms with E-state index in [4.69, 9.17) is 35.7 Å². The first-order valence-electron chi connectivity index (χ1n) is 5.62. The lowest BCUT2D eigenvalue weighted by Crippen LogP contribution is -2.46. The van der Waals surface area contributed by atoms with Crippen LogP contribution in [0.25, 0.3) is 0 Å². The molecule has 0 fully saturated rings. The summed E-state index contributed by atoms with van der Waals surface area (Å²) in [6, 6.07) is 8.71. The van der Waals surface area contributed by atoms with Gasteiger partial charge in [0.15, 0.2) is 0 Å².